The van der Waals surface area contributed by atoms with Gasteiger partial charge >= 0.3 is 5.25 Å². The summed E-state index contributed by atoms with van der Waals surface area (Å²) in [7, 11) is -4.83. The Balaban J connectivity index is 2.22. The monoisotopic (exact) mass is 321 g/mol. The van der Waals surface area contributed by atoms with E-state index in [2.05, 4.69) is 4.98 Å². The third-order valence-electron chi connectivity index (χ3n) is 3.65. The molecule has 6 heteroatoms. The lowest BCUT2D eigenvalue weighted by molar-refractivity contribution is 0.0857. The minimum Gasteiger partial charge on any atom is -0.352 e. The van der Waals surface area contributed by atoms with Crippen molar-refractivity contribution in [2.75, 3.05) is 0 Å². The van der Waals surface area contributed by atoms with Crippen molar-refractivity contribution in [3.05, 3.63) is 65.9 Å². The van der Waals surface area contributed by atoms with Crippen LogP contribution < -0.4 is 0 Å². The summed E-state index contributed by atoms with van der Waals surface area (Å²) < 4.78 is 54.0. The number of rotatable bonds is 3. The van der Waals surface area contributed by atoms with Gasteiger partial charge in [0.1, 0.15) is 5.69 Å². The third kappa shape index (κ3) is 2.02. The van der Waals surface area contributed by atoms with E-state index in [1.807, 2.05) is 0 Å². The molecule has 0 unspecified atom stereocenters. The first-order chi connectivity index (χ1) is 10.4. The van der Waals surface area contributed by atoms with Crippen LogP contribution >= 0.6 is 0 Å². The highest BCUT2D eigenvalue weighted by atomic mass is 32.2. The second kappa shape index (κ2) is 4.91. The molecular weight excluding hydrogens is 308 g/mol. The zero-order valence-electron chi connectivity index (χ0n) is 11.7. The number of aromatic amines is 1. The molecular formula is C16H13F2NO2S. The third-order valence-corrected chi connectivity index (χ3v) is 5.42. The summed E-state index contributed by atoms with van der Waals surface area (Å²) in [5, 5.41) is -3.45. The van der Waals surface area contributed by atoms with Crippen LogP contribution in [0, 0.1) is 6.92 Å². The summed E-state index contributed by atoms with van der Waals surface area (Å²) in [6.45, 7) is 1.49. The Kier molecular flexibility index (Phi) is 3.29. The first-order valence-electron chi connectivity index (χ1n) is 6.61. The number of hydrogen-bond donors (Lipinski definition) is 1. The fraction of sp³-hybridized carbons (Fsp3) is 0.125. The molecule has 0 amide bonds. The Hall–Kier alpha value is -2.21. The molecule has 3 nitrogen and oxygen atoms in total. The number of sulfone groups is 1. The van der Waals surface area contributed by atoms with E-state index in [1.54, 1.807) is 30.3 Å². The normalized spacial score (nSPS) is 12.7. The summed E-state index contributed by atoms with van der Waals surface area (Å²) >= 11 is 0. The van der Waals surface area contributed by atoms with Crippen molar-refractivity contribution >= 4 is 20.7 Å². The molecule has 0 fully saturated rings. The van der Waals surface area contributed by atoms with E-state index < -0.39 is 25.7 Å². The van der Waals surface area contributed by atoms with Gasteiger partial charge in [-0.05, 0) is 30.7 Å². The summed E-state index contributed by atoms with van der Waals surface area (Å²) in [4.78, 5) is 2.15. The first kappa shape index (κ1) is 14.7. The van der Waals surface area contributed by atoms with Gasteiger partial charge in [0.05, 0.1) is 4.90 Å². The van der Waals surface area contributed by atoms with Crippen molar-refractivity contribution in [1.82, 2.24) is 4.98 Å². The molecule has 22 heavy (non-hydrogen) atoms. The maximum atomic E-state index is 14.7. The lowest BCUT2D eigenvalue weighted by Gasteiger charge is -2.17. The Morgan fingerprint density at radius 1 is 0.955 bits per heavy atom. The molecule has 1 heterocycles. The van der Waals surface area contributed by atoms with E-state index in [0.29, 0.717) is 10.9 Å². The second-order valence-corrected chi connectivity index (χ2v) is 6.99. The molecule has 3 rings (SSSR count). The van der Waals surface area contributed by atoms with Crippen molar-refractivity contribution in [1.29, 1.82) is 0 Å². The number of para-hydroxylation sites is 1. The summed E-state index contributed by atoms with van der Waals surface area (Å²) in [5.41, 5.74) is 0.135. The van der Waals surface area contributed by atoms with Crippen molar-refractivity contribution in [3.63, 3.8) is 0 Å². The van der Waals surface area contributed by atoms with Gasteiger partial charge in [-0.3, -0.25) is 0 Å². The standard InChI is InChI=1S/C16H13F2NO2S/c1-11-13-9-5-6-10-14(13)19-15(11)16(17,18)22(20,21)12-7-3-2-4-8-12/h2-10,19H,1H3. The molecule has 0 bridgehead atoms. The Labute approximate surface area is 126 Å². The van der Waals surface area contributed by atoms with Crippen LogP contribution in [0.4, 0.5) is 8.78 Å². The highest BCUT2D eigenvalue weighted by Gasteiger charge is 2.50. The van der Waals surface area contributed by atoms with Gasteiger partial charge in [0.25, 0.3) is 0 Å². The van der Waals surface area contributed by atoms with Crippen LogP contribution in [-0.2, 0) is 15.1 Å². The molecule has 3 aromatic rings. The maximum absolute atomic E-state index is 14.7. The minimum absolute atomic E-state index is 0.236. The lowest BCUT2D eigenvalue weighted by Crippen LogP contribution is -2.27. The number of benzene rings is 2. The molecule has 0 spiro atoms. The highest BCUT2D eigenvalue weighted by Crippen LogP contribution is 2.41. The van der Waals surface area contributed by atoms with E-state index >= 15 is 0 Å². The number of aryl methyl sites for hydroxylation is 1. The smallest absolute Gasteiger partial charge is 0.352 e. The molecule has 0 saturated heterocycles. The van der Waals surface area contributed by atoms with Gasteiger partial charge in [0, 0.05) is 10.9 Å². The second-order valence-electron chi connectivity index (χ2n) is 5.00. The van der Waals surface area contributed by atoms with Gasteiger partial charge in [-0.1, -0.05) is 36.4 Å². The molecule has 0 atom stereocenters. The van der Waals surface area contributed by atoms with E-state index in [0.717, 1.165) is 0 Å². The molecule has 0 saturated carbocycles. The van der Waals surface area contributed by atoms with Crippen LogP contribution in [0.3, 0.4) is 0 Å². The zero-order valence-corrected chi connectivity index (χ0v) is 12.5. The Morgan fingerprint density at radius 3 is 2.18 bits per heavy atom. The van der Waals surface area contributed by atoms with Crippen LogP contribution in [0.1, 0.15) is 11.3 Å². The van der Waals surface area contributed by atoms with Gasteiger partial charge in [0.15, 0.2) is 0 Å². The SMILES string of the molecule is Cc1c(C(F)(F)S(=O)(=O)c2ccccc2)[nH]c2ccccc12. The number of alkyl halides is 2. The molecule has 0 aliphatic heterocycles. The number of fused-ring (bicyclic) bond motifs is 1. The number of nitrogens with one attached hydrogen (secondary N) is 1. The van der Waals surface area contributed by atoms with E-state index in [4.69, 9.17) is 0 Å². The fourth-order valence-electron chi connectivity index (χ4n) is 2.46. The van der Waals surface area contributed by atoms with Crippen LogP contribution in [0.25, 0.3) is 10.9 Å². The summed E-state index contributed by atoms with van der Waals surface area (Å²) in [6.07, 6.45) is 0. The predicted octanol–water partition coefficient (Wildman–Crippen LogP) is 4.00. The Bertz CT molecular complexity index is 931. The fourth-order valence-corrected chi connectivity index (χ4v) is 3.74. The largest absolute Gasteiger partial charge is 0.389 e. The van der Waals surface area contributed by atoms with Gasteiger partial charge in [-0.15, -0.1) is 0 Å². The molecule has 0 aliphatic rings. The van der Waals surface area contributed by atoms with Gasteiger partial charge < -0.3 is 4.98 Å². The van der Waals surface area contributed by atoms with E-state index in [-0.39, 0.29) is 5.56 Å². The number of hydrogen-bond acceptors (Lipinski definition) is 2. The summed E-state index contributed by atoms with van der Waals surface area (Å²) in [5.74, 6) is 0. The number of aromatic nitrogens is 1. The van der Waals surface area contributed by atoms with Crippen molar-refractivity contribution in [2.45, 2.75) is 17.1 Å². The molecule has 1 aromatic heterocycles. The van der Waals surface area contributed by atoms with Gasteiger partial charge in [-0.2, -0.15) is 8.78 Å². The zero-order chi connectivity index (χ0) is 16.0. The lowest BCUT2D eigenvalue weighted by atomic mass is 10.1. The minimum atomic E-state index is -4.83. The van der Waals surface area contributed by atoms with Crippen LogP contribution in [0.2, 0.25) is 0 Å². The van der Waals surface area contributed by atoms with Crippen molar-refractivity contribution in [3.8, 4) is 0 Å². The molecule has 0 aliphatic carbocycles. The Morgan fingerprint density at radius 2 is 1.55 bits per heavy atom. The average molecular weight is 321 g/mol. The van der Waals surface area contributed by atoms with Crippen molar-refractivity contribution in [2.24, 2.45) is 0 Å². The summed E-state index contributed by atoms with van der Waals surface area (Å²) in [6, 6.07) is 13.5. The molecule has 1 N–H and O–H groups in total. The predicted molar refractivity (Wildman–Crippen MR) is 80.6 cm³/mol. The number of H-pyrrole nitrogens is 1. The van der Waals surface area contributed by atoms with Crippen LogP contribution in [-0.4, -0.2) is 13.4 Å². The topological polar surface area (TPSA) is 49.9 Å². The van der Waals surface area contributed by atoms with Gasteiger partial charge in [-0.25, -0.2) is 8.42 Å². The first-order valence-corrected chi connectivity index (χ1v) is 8.09. The van der Waals surface area contributed by atoms with Gasteiger partial charge in [0.2, 0.25) is 9.84 Å². The van der Waals surface area contributed by atoms with E-state index in [9.17, 15) is 17.2 Å². The molecule has 0 radical (unpaired) electrons. The quantitative estimate of drug-likeness (QED) is 0.792. The molecule has 2 aromatic carbocycles. The number of halogens is 2. The van der Waals surface area contributed by atoms with Crippen LogP contribution in [0.5, 0.6) is 0 Å². The molecule has 114 valence electrons. The van der Waals surface area contributed by atoms with E-state index in [1.165, 1.54) is 31.2 Å². The maximum Gasteiger partial charge on any atom is 0.389 e. The highest BCUT2D eigenvalue weighted by molar-refractivity contribution is 7.92. The average Bonchev–Trinajstić information content (AvgIpc) is 2.86. The van der Waals surface area contributed by atoms with Crippen LogP contribution in [0.15, 0.2) is 59.5 Å². The van der Waals surface area contributed by atoms with Crippen molar-refractivity contribution < 1.29 is 17.2 Å².